The zero-order valence-corrected chi connectivity index (χ0v) is 11.5. The average Bonchev–Trinajstić information content (AvgIpc) is 3.12. The summed E-state index contributed by atoms with van der Waals surface area (Å²) in [6, 6.07) is 7.52. The summed E-state index contributed by atoms with van der Waals surface area (Å²) in [5.41, 5.74) is 2.78. The normalized spacial score (nSPS) is 14.3. The smallest absolute Gasteiger partial charge is 0.356 e. The van der Waals surface area contributed by atoms with Crippen LogP contribution in [0.3, 0.4) is 0 Å². The summed E-state index contributed by atoms with van der Waals surface area (Å²) in [5.74, 6) is -0.234. The highest BCUT2D eigenvalue weighted by atomic mass is 16.5. The zero-order chi connectivity index (χ0) is 14.3. The van der Waals surface area contributed by atoms with E-state index in [1.807, 2.05) is 25.1 Å². The molecule has 2 aromatic rings. The van der Waals surface area contributed by atoms with Gasteiger partial charge in [0.05, 0.1) is 11.8 Å². The van der Waals surface area contributed by atoms with Gasteiger partial charge in [-0.2, -0.15) is 5.10 Å². The number of carboxylic acids is 1. The molecule has 1 fully saturated rings. The second kappa shape index (κ2) is 4.67. The summed E-state index contributed by atoms with van der Waals surface area (Å²) < 4.78 is 7.48. The van der Waals surface area contributed by atoms with Gasteiger partial charge in [-0.1, -0.05) is 11.6 Å². The van der Waals surface area contributed by atoms with Crippen LogP contribution in [0.15, 0.2) is 24.3 Å². The predicted molar refractivity (Wildman–Crippen MR) is 74.0 cm³/mol. The SMILES string of the molecule is Cc1ccc(OC2CC2)c(-c2cc(C(=O)O)nn2C)c1. The molecule has 1 heterocycles. The maximum atomic E-state index is 11.0. The van der Waals surface area contributed by atoms with Crippen LogP contribution in [0, 0.1) is 6.92 Å². The van der Waals surface area contributed by atoms with Gasteiger partial charge < -0.3 is 9.84 Å². The van der Waals surface area contributed by atoms with Gasteiger partial charge in [0.2, 0.25) is 0 Å². The van der Waals surface area contributed by atoms with Crippen molar-refractivity contribution in [3.8, 4) is 17.0 Å². The number of aromatic nitrogens is 2. The average molecular weight is 272 g/mol. The summed E-state index contributed by atoms with van der Waals surface area (Å²) in [7, 11) is 1.74. The lowest BCUT2D eigenvalue weighted by atomic mass is 10.1. The molecule has 0 saturated heterocycles. The largest absolute Gasteiger partial charge is 0.490 e. The lowest BCUT2D eigenvalue weighted by Crippen LogP contribution is -2.01. The minimum atomic E-state index is -1.02. The monoisotopic (exact) mass is 272 g/mol. The highest BCUT2D eigenvalue weighted by molar-refractivity contribution is 5.87. The Morgan fingerprint density at radius 2 is 2.15 bits per heavy atom. The van der Waals surface area contributed by atoms with E-state index in [1.54, 1.807) is 17.8 Å². The Labute approximate surface area is 116 Å². The first kappa shape index (κ1) is 12.7. The molecule has 0 unspecified atom stereocenters. The number of aryl methyl sites for hydroxylation is 2. The molecule has 1 saturated carbocycles. The van der Waals surface area contributed by atoms with Crippen LogP contribution in [0.4, 0.5) is 0 Å². The summed E-state index contributed by atoms with van der Waals surface area (Å²) in [6.07, 6.45) is 2.46. The minimum absolute atomic E-state index is 0.0429. The zero-order valence-electron chi connectivity index (χ0n) is 11.5. The third kappa shape index (κ3) is 2.39. The van der Waals surface area contributed by atoms with Gasteiger partial charge in [-0.05, 0) is 38.0 Å². The quantitative estimate of drug-likeness (QED) is 0.929. The van der Waals surface area contributed by atoms with Gasteiger partial charge in [-0.25, -0.2) is 4.79 Å². The highest BCUT2D eigenvalue weighted by Crippen LogP contribution is 2.35. The van der Waals surface area contributed by atoms with E-state index in [0.717, 1.165) is 35.4 Å². The van der Waals surface area contributed by atoms with E-state index < -0.39 is 5.97 Å². The standard InChI is InChI=1S/C15H16N2O3/c1-9-3-6-14(20-10-4-5-10)11(7-9)13-8-12(15(18)19)16-17(13)2/h3,6-8,10H,4-5H2,1-2H3,(H,18,19). The Balaban J connectivity index is 2.07. The number of ether oxygens (including phenoxy) is 1. The lowest BCUT2D eigenvalue weighted by Gasteiger charge is -2.12. The molecule has 0 radical (unpaired) electrons. The molecule has 0 aliphatic heterocycles. The minimum Gasteiger partial charge on any atom is -0.490 e. The summed E-state index contributed by atoms with van der Waals surface area (Å²) in [5, 5.41) is 13.1. The summed E-state index contributed by atoms with van der Waals surface area (Å²) >= 11 is 0. The van der Waals surface area contributed by atoms with Crippen LogP contribution in [0.5, 0.6) is 5.75 Å². The number of nitrogens with zero attached hydrogens (tertiary/aromatic N) is 2. The Hall–Kier alpha value is -2.30. The van der Waals surface area contributed by atoms with Crippen molar-refractivity contribution in [2.75, 3.05) is 0 Å². The number of hydrogen-bond donors (Lipinski definition) is 1. The third-order valence-corrected chi connectivity index (χ3v) is 3.33. The second-order valence-electron chi connectivity index (χ2n) is 5.16. The molecule has 0 spiro atoms. The Bertz CT molecular complexity index is 672. The fourth-order valence-corrected chi connectivity index (χ4v) is 2.14. The first-order valence-electron chi connectivity index (χ1n) is 6.59. The van der Waals surface area contributed by atoms with Crippen molar-refractivity contribution in [3.05, 3.63) is 35.5 Å². The van der Waals surface area contributed by atoms with Crippen molar-refractivity contribution < 1.29 is 14.6 Å². The van der Waals surface area contributed by atoms with Crippen LogP contribution >= 0.6 is 0 Å². The first-order valence-corrected chi connectivity index (χ1v) is 6.59. The fourth-order valence-electron chi connectivity index (χ4n) is 2.14. The molecule has 1 aliphatic carbocycles. The topological polar surface area (TPSA) is 64.3 Å². The second-order valence-corrected chi connectivity index (χ2v) is 5.16. The van der Waals surface area contributed by atoms with Crippen molar-refractivity contribution in [2.45, 2.75) is 25.9 Å². The molecular formula is C15H16N2O3. The van der Waals surface area contributed by atoms with Crippen molar-refractivity contribution >= 4 is 5.97 Å². The van der Waals surface area contributed by atoms with Gasteiger partial charge in [-0.15, -0.1) is 0 Å². The maximum absolute atomic E-state index is 11.0. The molecule has 1 aromatic heterocycles. The molecule has 5 heteroatoms. The van der Waals surface area contributed by atoms with Gasteiger partial charge in [-0.3, -0.25) is 4.68 Å². The van der Waals surface area contributed by atoms with Crippen molar-refractivity contribution in [2.24, 2.45) is 7.05 Å². The van der Waals surface area contributed by atoms with Gasteiger partial charge in [0.15, 0.2) is 5.69 Å². The molecule has 0 bridgehead atoms. The molecular weight excluding hydrogens is 256 g/mol. The molecule has 1 N–H and O–H groups in total. The first-order chi connectivity index (χ1) is 9.54. The van der Waals surface area contributed by atoms with E-state index in [1.165, 1.54) is 0 Å². The summed E-state index contributed by atoms with van der Waals surface area (Å²) in [6.45, 7) is 2.00. The molecule has 5 nitrogen and oxygen atoms in total. The van der Waals surface area contributed by atoms with Crippen molar-refractivity contribution in [1.29, 1.82) is 0 Å². The van der Waals surface area contributed by atoms with Crippen LogP contribution in [0.2, 0.25) is 0 Å². The molecule has 20 heavy (non-hydrogen) atoms. The van der Waals surface area contributed by atoms with Gasteiger partial charge in [0.1, 0.15) is 5.75 Å². The van der Waals surface area contributed by atoms with Gasteiger partial charge >= 0.3 is 5.97 Å². The predicted octanol–water partition coefficient (Wildman–Crippen LogP) is 2.63. The summed E-state index contributed by atoms with van der Waals surface area (Å²) in [4.78, 5) is 11.0. The van der Waals surface area contributed by atoms with E-state index in [2.05, 4.69) is 5.10 Å². The van der Waals surface area contributed by atoms with Crippen LogP contribution in [0.1, 0.15) is 28.9 Å². The van der Waals surface area contributed by atoms with E-state index >= 15 is 0 Å². The highest BCUT2D eigenvalue weighted by Gasteiger charge is 2.25. The Kier molecular flexibility index (Phi) is 2.97. The Morgan fingerprint density at radius 1 is 1.40 bits per heavy atom. The number of carbonyl (C=O) groups is 1. The van der Waals surface area contributed by atoms with Gasteiger partial charge in [0.25, 0.3) is 0 Å². The van der Waals surface area contributed by atoms with Crippen LogP contribution < -0.4 is 4.74 Å². The van der Waals surface area contributed by atoms with Crippen molar-refractivity contribution in [1.82, 2.24) is 9.78 Å². The molecule has 3 rings (SSSR count). The van der Waals surface area contributed by atoms with E-state index in [-0.39, 0.29) is 5.69 Å². The Morgan fingerprint density at radius 3 is 2.75 bits per heavy atom. The number of carboxylic acid groups (broad SMARTS) is 1. The molecule has 1 aromatic carbocycles. The number of aromatic carboxylic acids is 1. The van der Waals surface area contributed by atoms with Crippen LogP contribution in [-0.2, 0) is 7.05 Å². The van der Waals surface area contributed by atoms with Gasteiger partial charge in [0, 0.05) is 12.6 Å². The van der Waals surface area contributed by atoms with Crippen LogP contribution in [0.25, 0.3) is 11.3 Å². The fraction of sp³-hybridized carbons (Fsp3) is 0.333. The molecule has 104 valence electrons. The van der Waals surface area contributed by atoms with E-state index in [9.17, 15) is 4.79 Å². The number of benzene rings is 1. The number of rotatable bonds is 4. The van der Waals surface area contributed by atoms with Crippen molar-refractivity contribution in [3.63, 3.8) is 0 Å². The molecule has 0 amide bonds. The molecule has 0 atom stereocenters. The van der Waals surface area contributed by atoms with Crippen LogP contribution in [-0.4, -0.2) is 27.0 Å². The number of hydrogen-bond acceptors (Lipinski definition) is 3. The van der Waals surface area contributed by atoms with E-state index in [0.29, 0.717) is 6.10 Å². The van der Waals surface area contributed by atoms with E-state index in [4.69, 9.17) is 9.84 Å². The molecule has 1 aliphatic rings. The third-order valence-electron chi connectivity index (χ3n) is 3.33. The lowest BCUT2D eigenvalue weighted by molar-refractivity contribution is 0.0689. The maximum Gasteiger partial charge on any atom is 0.356 e.